The van der Waals surface area contributed by atoms with Gasteiger partial charge in [-0.15, -0.1) is 0 Å². The molecule has 0 fully saturated rings. The highest BCUT2D eigenvalue weighted by Gasteiger charge is 2.24. The average molecular weight is 604 g/mol. The Morgan fingerprint density at radius 1 is 0.511 bits per heavy atom. The molecule has 0 radical (unpaired) electrons. The standard InChI is InChI=1S/C42H29N5/c1-2-3-6-23-37-43-41(29-16-7-4-8-17-29)45-42(44-37)47-36-27-24-28-15-11-12-20-31(28)38(36)34-26-25-33-32-21-13-14-22-35(32)46(39(33)40(34)47)30-18-9-5-10-19-30/h2-27H,1H3/b3-2-,23-6-. The van der Waals surface area contributed by atoms with E-state index in [9.17, 15) is 0 Å². The quantitative estimate of drug-likeness (QED) is 0.184. The summed E-state index contributed by atoms with van der Waals surface area (Å²) >= 11 is 0. The molecule has 0 aliphatic heterocycles. The Balaban J connectivity index is 1.51. The van der Waals surface area contributed by atoms with Crippen molar-refractivity contribution < 1.29 is 0 Å². The van der Waals surface area contributed by atoms with Gasteiger partial charge in [-0.25, -0.2) is 4.98 Å². The van der Waals surface area contributed by atoms with Crippen molar-refractivity contribution in [2.45, 2.75) is 6.92 Å². The predicted molar refractivity (Wildman–Crippen MR) is 195 cm³/mol. The lowest BCUT2D eigenvalue weighted by Crippen LogP contribution is -2.07. The van der Waals surface area contributed by atoms with E-state index in [1.54, 1.807) is 0 Å². The average Bonchev–Trinajstić information content (AvgIpc) is 3.66. The molecule has 0 N–H and O–H groups in total. The lowest BCUT2D eigenvalue weighted by Gasteiger charge is -2.12. The summed E-state index contributed by atoms with van der Waals surface area (Å²) in [6, 6.07) is 47.0. The Morgan fingerprint density at radius 3 is 2.04 bits per heavy atom. The highest BCUT2D eigenvalue weighted by Crippen LogP contribution is 2.43. The van der Waals surface area contributed by atoms with Crippen molar-refractivity contribution in [3.63, 3.8) is 0 Å². The summed E-state index contributed by atoms with van der Waals surface area (Å²) < 4.78 is 4.63. The van der Waals surface area contributed by atoms with Gasteiger partial charge in [-0.3, -0.25) is 4.57 Å². The van der Waals surface area contributed by atoms with Crippen molar-refractivity contribution in [1.29, 1.82) is 0 Å². The fourth-order valence-corrected chi connectivity index (χ4v) is 6.90. The van der Waals surface area contributed by atoms with Crippen molar-refractivity contribution in [3.8, 4) is 23.0 Å². The van der Waals surface area contributed by atoms with Crippen LogP contribution in [-0.4, -0.2) is 24.1 Å². The number of allylic oxidation sites excluding steroid dienone is 3. The van der Waals surface area contributed by atoms with E-state index in [0.717, 1.165) is 38.7 Å². The van der Waals surface area contributed by atoms with Gasteiger partial charge >= 0.3 is 0 Å². The number of hydrogen-bond donors (Lipinski definition) is 0. The summed E-state index contributed by atoms with van der Waals surface area (Å²) in [6.07, 6.45) is 7.89. The molecular weight excluding hydrogens is 574 g/mol. The molecule has 0 atom stereocenters. The molecule has 0 amide bonds. The van der Waals surface area contributed by atoms with Crippen molar-refractivity contribution >= 4 is 60.5 Å². The highest BCUT2D eigenvalue weighted by molar-refractivity contribution is 6.28. The molecule has 0 aliphatic carbocycles. The molecule has 5 nitrogen and oxygen atoms in total. The molecule has 6 aromatic carbocycles. The van der Waals surface area contributed by atoms with Gasteiger partial charge in [-0.2, -0.15) is 9.97 Å². The fourth-order valence-electron chi connectivity index (χ4n) is 6.90. The van der Waals surface area contributed by atoms with E-state index >= 15 is 0 Å². The zero-order chi connectivity index (χ0) is 31.3. The van der Waals surface area contributed by atoms with Crippen molar-refractivity contribution in [2.24, 2.45) is 0 Å². The van der Waals surface area contributed by atoms with Crippen molar-refractivity contribution in [3.05, 3.63) is 158 Å². The molecule has 0 unspecified atom stereocenters. The van der Waals surface area contributed by atoms with Gasteiger partial charge in [-0.05, 0) is 48.0 Å². The molecule has 9 aromatic rings. The summed E-state index contributed by atoms with van der Waals surface area (Å²) in [4.78, 5) is 15.2. The molecule has 222 valence electrons. The molecule has 47 heavy (non-hydrogen) atoms. The third-order valence-corrected chi connectivity index (χ3v) is 8.89. The Morgan fingerprint density at radius 2 is 1.21 bits per heavy atom. The van der Waals surface area contributed by atoms with E-state index in [0.29, 0.717) is 17.6 Å². The van der Waals surface area contributed by atoms with Crippen LogP contribution in [0.15, 0.2) is 152 Å². The zero-order valence-corrected chi connectivity index (χ0v) is 25.7. The minimum absolute atomic E-state index is 0.576. The fraction of sp³-hybridized carbons (Fsp3) is 0.0238. The molecule has 0 spiro atoms. The molecule has 9 rings (SSSR count). The molecular formula is C42H29N5. The minimum atomic E-state index is 0.576. The third-order valence-electron chi connectivity index (χ3n) is 8.89. The van der Waals surface area contributed by atoms with Gasteiger partial charge in [0.1, 0.15) is 0 Å². The summed E-state index contributed by atoms with van der Waals surface area (Å²) in [5, 5.41) is 7.09. The van der Waals surface area contributed by atoms with Gasteiger partial charge in [0.25, 0.3) is 0 Å². The van der Waals surface area contributed by atoms with Gasteiger partial charge in [0.2, 0.25) is 5.95 Å². The first-order valence-electron chi connectivity index (χ1n) is 15.8. The first kappa shape index (κ1) is 27.0. The Kier molecular flexibility index (Phi) is 6.28. The van der Waals surface area contributed by atoms with E-state index in [-0.39, 0.29) is 0 Å². The van der Waals surface area contributed by atoms with E-state index < -0.39 is 0 Å². The summed E-state index contributed by atoms with van der Waals surface area (Å²) in [7, 11) is 0. The first-order chi connectivity index (χ1) is 23.3. The van der Waals surface area contributed by atoms with Gasteiger partial charge in [0, 0.05) is 32.8 Å². The molecule has 0 saturated carbocycles. The second-order valence-electron chi connectivity index (χ2n) is 11.6. The van der Waals surface area contributed by atoms with E-state index in [1.165, 1.54) is 26.9 Å². The lowest BCUT2D eigenvalue weighted by atomic mass is 10.0. The number of benzene rings is 6. The zero-order valence-electron chi connectivity index (χ0n) is 25.7. The van der Waals surface area contributed by atoms with E-state index in [4.69, 9.17) is 15.0 Å². The molecule has 0 aliphatic rings. The van der Waals surface area contributed by atoms with Crippen LogP contribution in [0.25, 0.3) is 83.5 Å². The maximum absolute atomic E-state index is 5.20. The van der Waals surface area contributed by atoms with Gasteiger partial charge in [-0.1, -0.05) is 127 Å². The number of nitrogens with zero attached hydrogens (tertiary/aromatic N) is 5. The van der Waals surface area contributed by atoms with Crippen LogP contribution in [0.3, 0.4) is 0 Å². The second-order valence-corrected chi connectivity index (χ2v) is 11.6. The normalized spacial score (nSPS) is 12.2. The number of aromatic nitrogens is 5. The Hall–Kier alpha value is -6.33. The van der Waals surface area contributed by atoms with Gasteiger partial charge < -0.3 is 4.57 Å². The minimum Gasteiger partial charge on any atom is -0.307 e. The summed E-state index contributed by atoms with van der Waals surface area (Å²) in [5.41, 5.74) is 6.41. The first-order valence-corrected chi connectivity index (χ1v) is 15.8. The number of fused-ring (bicyclic) bond motifs is 9. The molecule has 0 bridgehead atoms. The van der Waals surface area contributed by atoms with Crippen LogP contribution in [0, 0.1) is 0 Å². The molecule has 3 aromatic heterocycles. The summed E-state index contributed by atoms with van der Waals surface area (Å²) in [5.74, 6) is 1.80. The van der Waals surface area contributed by atoms with Crippen LogP contribution in [0.2, 0.25) is 0 Å². The largest absolute Gasteiger partial charge is 0.307 e. The predicted octanol–water partition coefficient (Wildman–Crippen LogP) is 10.5. The highest BCUT2D eigenvalue weighted by atomic mass is 15.2. The van der Waals surface area contributed by atoms with Crippen LogP contribution in [0.5, 0.6) is 0 Å². The maximum atomic E-state index is 5.20. The van der Waals surface area contributed by atoms with Crippen LogP contribution in [0.1, 0.15) is 12.7 Å². The van der Waals surface area contributed by atoms with Gasteiger partial charge in [0.05, 0.1) is 22.1 Å². The Labute approximate surface area is 271 Å². The monoisotopic (exact) mass is 603 g/mol. The number of rotatable bonds is 5. The molecule has 3 heterocycles. The van der Waals surface area contributed by atoms with Crippen molar-refractivity contribution in [1.82, 2.24) is 24.1 Å². The van der Waals surface area contributed by atoms with Crippen molar-refractivity contribution in [2.75, 3.05) is 0 Å². The number of para-hydroxylation sites is 2. The van der Waals surface area contributed by atoms with E-state index in [2.05, 4.69) is 112 Å². The topological polar surface area (TPSA) is 48.5 Å². The van der Waals surface area contributed by atoms with Crippen LogP contribution in [-0.2, 0) is 0 Å². The third kappa shape index (κ3) is 4.28. The maximum Gasteiger partial charge on any atom is 0.238 e. The van der Waals surface area contributed by atoms with Gasteiger partial charge in [0.15, 0.2) is 11.6 Å². The van der Waals surface area contributed by atoms with Crippen LogP contribution >= 0.6 is 0 Å². The molecule has 5 heteroatoms. The Bertz CT molecular complexity index is 2680. The SMILES string of the molecule is C/C=C\C=C/c1nc(-c2ccccc2)nc(-n2c3ccc4ccccc4c3c3ccc4c5ccccc5n(-c5ccccc5)c4c32)n1. The lowest BCUT2D eigenvalue weighted by molar-refractivity contribution is 0.936. The van der Waals surface area contributed by atoms with E-state index in [1.807, 2.05) is 61.6 Å². The van der Waals surface area contributed by atoms with Crippen LogP contribution in [0.4, 0.5) is 0 Å². The second kappa shape index (κ2) is 10.9. The smallest absolute Gasteiger partial charge is 0.238 e. The van der Waals surface area contributed by atoms with Crippen LogP contribution < -0.4 is 0 Å². The number of hydrogen-bond acceptors (Lipinski definition) is 3. The molecule has 0 saturated heterocycles. The summed E-state index contributed by atoms with van der Waals surface area (Å²) in [6.45, 7) is 2.00.